The largest absolute Gasteiger partial charge is 0.409 e. The maximum absolute atomic E-state index is 9.28. The van der Waals surface area contributed by atoms with Crippen molar-refractivity contribution in [1.29, 1.82) is 0 Å². The van der Waals surface area contributed by atoms with Crippen LogP contribution in [0.3, 0.4) is 0 Å². The van der Waals surface area contributed by atoms with Crippen molar-refractivity contribution in [3.05, 3.63) is 0 Å². The maximum atomic E-state index is 9.28. The molecule has 1 saturated carbocycles. The van der Waals surface area contributed by atoms with E-state index in [4.69, 9.17) is 10.9 Å². The van der Waals surface area contributed by atoms with E-state index in [1.165, 1.54) is 19.3 Å². The van der Waals surface area contributed by atoms with Gasteiger partial charge in [0.2, 0.25) is 0 Å². The molecule has 0 aliphatic heterocycles. The second-order valence-electron chi connectivity index (χ2n) is 4.89. The van der Waals surface area contributed by atoms with Gasteiger partial charge in [-0.1, -0.05) is 18.0 Å². The van der Waals surface area contributed by atoms with E-state index in [2.05, 4.69) is 10.5 Å². The van der Waals surface area contributed by atoms with Gasteiger partial charge in [0.05, 0.1) is 0 Å². The molecule has 0 aromatic heterocycles. The third kappa shape index (κ3) is 5.37. The van der Waals surface area contributed by atoms with Crippen LogP contribution in [0.5, 0.6) is 0 Å². The van der Waals surface area contributed by atoms with Crippen molar-refractivity contribution in [2.24, 2.45) is 22.7 Å². The van der Waals surface area contributed by atoms with Crippen molar-refractivity contribution in [3.63, 3.8) is 0 Å². The van der Waals surface area contributed by atoms with Gasteiger partial charge in [0.15, 0.2) is 0 Å². The van der Waals surface area contributed by atoms with Crippen molar-refractivity contribution in [3.8, 4) is 0 Å². The molecular weight excluding hydrogens is 218 g/mol. The van der Waals surface area contributed by atoms with Crippen molar-refractivity contribution in [2.75, 3.05) is 19.7 Å². The Balaban J connectivity index is 2.08. The lowest BCUT2D eigenvalue weighted by molar-refractivity contribution is 0.133. The first-order chi connectivity index (χ1) is 8.27. The average molecular weight is 243 g/mol. The molecule has 1 aliphatic carbocycles. The molecule has 5 N–H and O–H groups in total. The van der Waals surface area contributed by atoms with Crippen LogP contribution < -0.4 is 11.1 Å². The quantitative estimate of drug-likeness (QED) is 0.176. The average Bonchev–Trinajstić information content (AvgIpc) is 2.38. The molecule has 1 rings (SSSR count). The highest BCUT2D eigenvalue weighted by molar-refractivity contribution is 5.79. The number of rotatable bonds is 7. The number of aliphatic hydroxyl groups excluding tert-OH is 1. The Morgan fingerprint density at radius 1 is 1.29 bits per heavy atom. The van der Waals surface area contributed by atoms with Crippen LogP contribution in [0.2, 0.25) is 0 Å². The highest BCUT2D eigenvalue weighted by Gasteiger charge is 2.23. The SMILES string of the molecule is NC(CCCNCC1CCCCC1CO)=NO. The second-order valence-corrected chi connectivity index (χ2v) is 4.89. The molecule has 1 aliphatic rings. The number of nitrogens with zero attached hydrogens (tertiary/aromatic N) is 1. The van der Waals surface area contributed by atoms with Crippen LogP contribution in [0.25, 0.3) is 0 Å². The summed E-state index contributed by atoms with van der Waals surface area (Å²) in [6.45, 7) is 2.17. The monoisotopic (exact) mass is 243 g/mol. The van der Waals surface area contributed by atoms with E-state index in [-0.39, 0.29) is 5.84 Å². The smallest absolute Gasteiger partial charge is 0.139 e. The zero-order valence-electron chi connectivity index (χ0n) is 10.4. The molecule has 0 bridgehead atoms. The minimum Gasteiger partial charge on any atom is -0.409 e. The fraction of sp³-hybridized carbons (Fsp3) is 0.917. The molecule has 5 heteroatoms. The Morgan fingerprint density at radius 3 is 2.65 bits per heavy atom. The van der Waals surface area contributed by atoms with Crippen molar-refractivity contribution >= 4 is 5.84 Å². The molecule has 5 nitrogen and oxygen atoms in total. The van der Waals surface area contributed by atoms with Gasteiger partial charge in [0, 0.05) is 13.0 Å². The zero-order valence-corrected chi connectivity index (χ0v) is 10.4. The summed E-state index contributed by atoms with van der Waals surface area (Å²) >= 11 is 0. The lowest BCUT2D eigenvalue weighted by Crippen LogP contribution is -2.33. The molecule has 100 valence electrons. The molecule has 0 radical (unpaired) electrons. The van der Waals surface area contributed by atoms with Gasteiger partial charge in [-0.25, -0.2) is 0 Å². The molecule has 0 heterocycles. The predicted molar refractivity (Wildman–Crippen MR) is 68.0 cm³/mol. The fourth-order valence-electron chi connectivity index (χ4n) is 2.53. The van der Waals surface area contributed by atoms with Gasteiger partial charge >= 0.3 is 0 Å². The van der Waals surface area contributed by atoms with Crippen LogP contribution in [0.1, 0.15) is 38.5 Å². The zero-order chi connectivity index (χ0) is 12.5. The summed E-state index contributed by atoms with van der Waals surface area (Å²) in [6, 6.07) is 0. The molecule has 0 saturated heterocycles. The van der Waals surface area contributed by atoms with Gasteiger partial charge in [-0.05, 0) is 44.2 Å². The number of nitrogens with one attached hydrogen (secondary N) is 1. The summed E-state index contributed by atoms with van der Waals surface area (Å²) in [4.78, 5) is 0. The van der Waals surface area contributed by atoms with Crippen LogP contribution in [0.4, 0.5) is 0 Å². The van der Waals surface area contributed by atoms with Gasteiger partial charge in [0.1, 0.15) is 5.84 Å². The Hall–Kier alpha value is -0.810. The third-order valence-corrected chi connectivity index (χ3v) is 3.62. The number of hydrogen-bond acceptors (Lipinski definition) is 4. The Labute approximate surface area is 103 Å². The first-order valence-corrected chi connectivity index (χ1v) is 6.56. The van der Waals surface area contributed by atoms with Crippen LogP contribution in [-0.4, -0.2) is 35.8 Å². The summed E-state index contributed by atoms with van der Waals surface area (Å²) in [5.74, 6) is 1.37. The topological polar surface area (TPSA) is 90.9 Å². The number of hydrogen-bond donors (Lipinski definition) is 4. The Kier molecular flexibility index (Phi) is 6.96. The Bertz CT molecular complexity index is 234. The van der Waals surface area contributed by atoms with E-state index in [9.17, 15) is 5.11 Å². The Morgan fingerprint density at radius 2 is 2.00 bits per heavy atom. The van der Waals surface area contributed by atoms with Gasteiger partial charge in [-0.15, -0.1) is 0 Å². The molecule has 2 unspecified atom stereocenters. The van der Waals surface area contributed by atoms with Crippen LogP contribution in [0, 0.1) is 11.8 Å². The number of aliphatic hydroxyl groups is 1. The van der Waals surface area contributed by atoms with E-state index in [0.29, 0.717) is 24.9 Å². The summed E-state index contributed by atoms with van der Waals surface area (Å²) in [6.07, 6.45) is 6.42. The van der Waals surface area contributed by atoms with Gasteiger partial charge in [-0.3, -0.25) is 0 Å². The van der Waals surface area contributed by atoms with E-state index < -0.39 is 0 Å². The standard InChI is InChI=1S/C12H25N3O2/c13-12(15-17)6-3-7-14-8-10-4-1-2-5-11(10)9-16/h10-11,14,16-17H,1-9H2,(H2,13,15). The predicted octanol–water partition coefficient (Wildman–Crippen LogP) is 0.901. The van der Waals surface area contributed by atoms with E-state index >= 15 is 0 Å². The van der Waals surface area contributed by atoms with Crippen LogP contribution in [-0.2, 0) is 0 Å². The number of amidine groups is 1. The summed E-state index contributed by atoms with van der Waals surface area (Å²) in [5, 5.41) is 24.0. The lowest BCUT2D eigenvalue weighted by Gasteiger charge is -2.30. The molecule has 2 atom stereocenters. The maximum Gasteiger partial charge on any atom is 0.139 e. The normalized spacial score (nSPS) is 26.1. The van der Waals surface area contributed by atoms with Crippen LogP contribution >= 0.6 is 0 Å². The lowest BCUT2D eigenvalue weighted by atomic mass is 9.79. The summed E-state index contributed by atoms with van der Waals surface area (Å²) in [5.41, 5.74) is 5.38. The van der Waals surface area contributed by atoms with Crippen molar-refractivity contribution < 1.29 is 10.3 Å². The van der Waals surface area contributed by atoms with Gasteiger partial charge in [0.25, 0.3) is 0 Å². The highest BCUT2D eigenvalue weighted by atomic mass is 16.4. The molecule has 0 aromatic rings. The van der Waals surface area contributed by atoms with Crippen molar-refractivity contribution in [2.45, 2.75) is 38.5 Å². The minimum atomic E-state index is 0.290. The highest BCUT2D eigenvalue weighted by Crippen LogP contribution is 2.28. The van der Waals surface area contributed by atoms with Crippen LogP contribution in [0.15, 0.2) is 5.16 Å². The molecule has 1 fully saturated rings. The van der Waals surface area contributed by atoms with Gasteiger partial charge < -0.3 is 21.4 Å². The van der Waals surface area contributed by atoms with E-state index in [1.807, 2.05) is 0 Å². The molecule has 0 spiro atoms. The number of oxime groups is 1. The first kappa shape index (κ1) is 14.3. The second kappa shape index (κ2) is 8.31. The van der Waals surface area contributed by atoms with Gasteiger partial charge in [-0.2, -0.15) is 0 Å². The number of nitrogens with two attached hydrogens (primary N) is 1. The van der Waals surface area contributed by atoms with Crippen molar-refractivity contribution in [1.82, 2.24) is 5.32 Å². The molecule has 17 heavy (non-hydrogen) atoms. The molecular formula is C12H25N3O2. The summed E-state index contributed by atoms with van der Waals surface area (Å²) in [7, 11) is 0. The minimum absolute atomic E-state index is 0.290. The summed E-state index contributed by atoms with van der Waals surface area (Å²) < 4.78 is 0. The molecule has 0 aromatic carbocycles. The fourth-order valence-corrected chi connectivity index (χ4v) is 2.53. The third-order valence-electron chi connectivity index (χ3n) is 3.62. The first-order valence-electron chi connectivity index (χ1n) is 6.56. The van der Waals surface area contributed by atoms with E-state index in [0.717, 1.165) is 25.9 Å². The molecule has 0 amide bonds. The van der Waals surface area contributed by atoms with E-state index in [1.54, 1.807) is 0 Å².